The van der Waals surface area contributed by atoms with Gasteiger partial charge in [-0.2, -0.15) is 5.10 Å². The van der Waals surface area contributed by atoms with Crippen LogP contribution in [0.2, 0.25) is 0 Å². The monoisotopic (exact) mass is 554 g/mol. The number of amides is 1. The van der Waals surface area contributed by atoms with Crippen LogP contribution in [0.1, 0.15) is 74.5 Å². The Bertz CT molecular complexity index is 973. The molecule has 0 spiro atoms. The van der Waals surface area contributed by atoms with Gasteiger partial charge in [-0.15, -0.1) is 29.9 Å². The van der Waals surface area contributed by atoms with Crippen molar-refractivity contribution in [3.05, 3.63) is 41.7 Å². The number of ether oxygens (including phenoxy) is 1. The van der Waals surface area contributed by atoms with Crippen LogP contribution >= 0.6 is 24.8 Å². The van der Waals surface area contributed by atoms with Gasteiger partial charge >= 0.3 is 0 Å². The molecule has 0 radical (unpaired) electrons. The number of aromatic nitrogens is 2. The van der Waals surface area contributed by atoms with Crippen molar-refractivity contribution < 1.29 is 13.9 Å². The number of carbonyl (C=O) groups excluding carboxylic acids is 1. The van der Waals surface area contributed by atoms with Gasteiger partial charge < -0.3 is 15.0 Å². The third kappa shape index (κ3) is 8.79. The van der Waals surface area contributed by atoms with Crippen LogP contribution in [0.5, 0.6) is 5.75 Å². The number of likely N-dealkylation sites (tertiary alicyclic amines) is 1. The summed E-state index contributed by atoms with van der Waals surface area (Å²) < 4.78 is 20.5. The molecular weight excluding hydrogens is 514 g/mol. The molecule has 1 N–H and O–H groups in total. The second-order valence-electron chi connectivity index (χ2n) is 10.1. The third-order valence-electron chi connectivity index (χ3n) is 7.29. The zero-order valence-electron chi connectivity index (χ0n) is 22.0. The van der Waals surface area contributed by atoms with Crippen LogP contribution in [0.4, 0.5) is 4.39 Å². The molecule has 1 aromatic heterocycles. The van der Waals surface area contributed by atoms with E-state index < -0.39 is 6.17 Å². The average Bonchev–Trinajstić information content (AvgIpc) is 2.88. The molecule has 1 aliphatic carbocycles. The van der Waals surface area contributed by atoms with E-state index >= 15 is 0 Å². The number of unbranched alkanes of at least 4 members (excludes halogenated alkanes) is 1. The molecule has 1 aliphatic heterocycles. The van der Waals surface area contributed by atoms with Crippen molar-refractivity contribution in [3.8, 4) is 16.9 Å². The molecule has 0 bridgehead atoms. The Kier molecular flexibility index (Phi) is 13.1. The number of nitrogens with zero attached hydrogens (tertiary/aromatic N) is 3. The average molecular weight is 556 g/mol. The molecule has 1 saturated carbocycles. The summed E-state index contributed by atoms with van der Waals surface area (Å²) in [4.78, 5) is 14.9. The molecule has 1 aromatic carbocycles. The van der Waals surface area contributed by atoms with Crippen molar-refractivity contribution in [1.82, 2.24) is 20.4 Å². The maximum absolute atomic E-state index is 14.4. The molecule has 6 nitrogen and oxygen atoms in total. The van der Waals surface area contributed by atoms with Crippen molar-refractivity contribution in [1.29, 1.82) is 0 Å². The van der Waals surface area contributed by atoms with Gasteiger partial charge in [0.1, 0.15) is 11.9 Å². The van der Waals surface area contributed by atoms with E-state index in [2.05, 4.69) is 22.4 Å². The lowest BCUT2D eigenvalue weighted by atomic mass is 9.95. The molecule has 4 rings (SSSR count). The van der Waals surface area contributed by atoms with E-state index in [0.29, 0.717) is 19.2 Å². The SMILES string of the molecule is CCCCc1nnc(C(=O)NCC2CCN(C)CC2F)cc1-c1ccc(OC2CCCCC2)cc1.Cl.Cl. The molecule has 1 saturated heterocycles. The molecular formula is C28H41Cl2FN4O2. The van der Waals surface area contributed by atoms with Gasteiger partial charge in [0.15, 0.2) is 5.69 Å². The van der Waals surface area contributed by atoms with Crippen LogP contribution in [-0.4, -0.2) is 60.0 Å². The van der Waals surface area contributed by atoms with Gasteiger partial charge in [-0.25, -0.2) is 4.39 Å². The van der Waals surface area contributed by atoms with Crippen LogP contribution in [-0.2, 0) is 6.42 Å². The minimum Gasteiger partial charge on any atom is -0.490 e. The molecule has 9 heteroatoms. The van der Waals surface area contributed by atoms with E-state index in [1.165, 1.54) is 19.3 Å². The number of carbonyl (C=O) groups is 1. The van der Waals surface area contributed by atoms with Gasteiger partial charge in [-0.3, -0.25) is 4.79 Å². The summed E-state index contributed by atoms with van der Waals surface area (Å²) in [6.07, 6.45) is 9.00. The second-order valence-corrected chi connectivity index (χ2v) is 10.1. The Morgan fingerprint density at radius 3 is 2.51 bits per heavy atom. The fourth-order valence-electron chi connectivity index (χ4n) is 5.04. The fraction of sp³-hybridized carbons (Fsp3) is 0.607. The van der Waals surface area contributed by atoms with Crippen molar-refractivity contribution in [2.75, 3.05) is 26.7 Å². The molecule has 2 aliphatic rings. The first-order chi connectivity index (χ1) is 17.0. The zero-order chi connectivity index (χ0) is 24.6. The molecule has 206 valence electrons. The molecule has 2 fully saturated rings. The number of hydrogen-bond donors (Lipinski definition) is 1. The Labute approximate surface area is 233 Å². The molecule has 2 atom stereocenters. The van der Waals surface area contributed by atoms with Crippen LogP contribution in [0.25, 0.3) is 11.1 Å². The first kappa shape index (κ1) is 31.3. The molecule has 2 unspecified atom stereocenters. The number of nitrogens with one attached hydrogen (secondary N) is 1. The number of benzene rings is 1. The lowest BCUT2D eigenvalue weighted by Gasteiger charge is -2.32. The van der Waals surface area contributed by atoms with Crippen LogP contribution < -0.4 is 10.1 Å². The van der Waals surface area contributed by atoms with Gasteiger partial charge in [0.2, 0.25) is 0 Å². The highest BCUT2D eigenvalue weighted by molar-refractivity contribution is 5.93. The summed E-state index contributed by atoms with van der Waals surface area (Å²) in [6.45, 7) is 3.72. The number of piperidine rings is 1. The van der Waals surface area contributed by atoms with E-state index in [4.69, 9.17) is 4.74 Å². The molecule has 37 heavy (non-hydrogen) atoms. The summed E-state index contributed by atoms with van der Waals surface area (Å²) in [7, 11) is 1.92. The highest BCUT2D eigenvalue weighted by atomic mass is 35.5. The lowest BCUT2D eigenvalue weighted by molar-refractivity contribution is 0.0851. The summed E-state index contributed by atoms with van der Waals surface area (Å²) >= 11 is 0. The predicted molar refractivity (Wildman–Crippen MR) is 151 cm³/mol. The van der Waals surface area contributed by atoms with E-state index in [1.54, 1.807) is 0 Å². The predicted octanol–water partition coefficient (Wildman–Crippen LogP) is 6.06. The quantitative estimate of drug-likeness (QED) is 0.408. The summed E-state index contributed by atoms with van der Waals surface area (Å²) in [5.74, 6) is 0.418. The molecule has 1 amide bonds. The van der Waals surface area contributed by atoms with Gasteiger partial charge in [-0.1, -0.05) is 31.9 Å². The number of aryl methyl sites for hydroxylation is 1. The number of alkyl halides is 1. The van der Waals surface area contributed by atoms with Crippen molar-refractivity contribution in [3.63, 3.8) is 0 Å². The summed E-state index contributed by atoms with van der Waals surface area (Å²) in [5, 5.41) is 11.5. The van der Waals surface area contributed by atoms with Crippen molar-refractivity contribution in [2.45, 2.75) is 77.0 Å². The Morgan fingerprint density at radius 2 is 1.84 bits per heavy atom. The topological polar surface area (TPSA) is 67.4 Å². The fourth-order valence-corrected chi connectivity index (χ4v) is 5.04. The summed E-state index contributed by atoms with van der Waals surface area (Å²) in [6, 6.07) is 9.92. The smallest absolute Gasteiger partial charge is 0.271 e. The number of halogens is 3. The van der Waals surface area contributed by atoms with Gasteiger partial charge in [0, 0.05) is 24.6 Å². The van der Waals surface area contributed by atoms with Crippen LogP contribution in [0.15, 0.2) is 30.3 Å². The maximum Gasteiger partial charge on any atom is 0.271 e. The lowest BCUT2D eigenvalue weighted by Crippen LogP contribution is -2.44. The minimum absolute atomic E-state index is 0. The normalized spacial score (nSPS) is 20.4. The van der Waals surface area contributed by atoms with E-state index in [9.17, 15) is 9.18 Å². The third-order valence-corrected chi connectivity index (χ3v) is 7.29. The highest BCUT2D eigenvalue weighted by Crippen LogP contribution is 2.29. The maximum atomic E-state index is 14.4. The first-order valence-electron chi connectivity index (χ1n) is 13.3. The largest absolute Gasteiger partial charge is 0.490 e. The number of rotatable bonds is 9. The number of hydrogen-bond acceptors (Lipinski definition) is 5. The van der Waals surface area contributed by atoms with Gasteiger partial charge in [-0.05, 0) is 82.3 Å². The molecule has 2 heterocycles. The zero-order valence-corrected chi connectivity index (χ0v) is 23.6. The Morgan fingerprint density at radius 1 is 1.11 bits per heavy atom. The molecule has 2 aromatic rings. The first-order valence-corrected chi connectivity index (χ1v) is 13.3. The van der Waals surface area contributed by atoms with Gasteiger partial charge in [0.05, 0.1) is 11.8 Å². The van der Waals surface area contributed by atoms with Crippen LogP contribution in [0, 0.1) is 5.92 Å². The van der Waals surface area contributed by atoms with Crippen molar-refractivity contribution in [2.24, 2.45) is 5.92 Å². The minimum atomic E-state index is -0.929. The standard InChI is InChI=1S/C28H39FN4O2.2ClH/c1-3-4-10-26-24(20-11-13-23(14-12-20)35-22-8-6-5-7-9-22)17-27(32-31-26)28(34)30-18-21-15-16-33(2)19-25(21)29;;/h11-14,17,21-22,25H,3-10,15-16,18-19H2,1-2H3,(H,30,34);2*1H. The Hall–Kier alpha value is -1.96. The Balaban J connectivity index is 0.00000241. The van der Waals surface area contributed by atoms with E-state index in [1.807, 2.05) is 42.3 Å². The highest BCUT2D eigenvalue weighted by Gasteiger charge is 2.28. The van der Waals surface area contributed by atoms with Crippen LogP contribution in [0.3, 0.4) is 0 Å². The van der Waals surface area contributed by atoms with E-state index in [0.717, 1.165) is 67.6 Å². The van der Waals surface area contributed by atoms with Crippen molar-refractivity contribution >= 4 is 30.7 Å². The van der Waals surface area contributed by atoms with E-state index in [-0.39, 0.29) is 42.3 Å². The van der Waals surface area contributed by atoms with Gasteiger partial charge in [0.25, 0.3) is 5.91 Å². The summed E-state index contributed by atoms with van der Waals surface area (Å²) in [5.41, 5.74) is 3.08. The second kappa shape index (κ2) is 15.5.